The molecular formula is C24H32N4O4S. The monoisotopic (exact) mass is 472 g/mol. The van der Waals surface area contributed by atoms with E-state index in [0.29, 0.717) is 31.1 Å². The van der Waals surface area contributed by atoms with Gasteiger partial charge in [-0.15, -0.1) is 0 Å². The first kappa shape index (κ1) is 24.7. The van der Waals surface area contributed by atoms with Gasteiger partial charge >= 0.3 is 0 Å². The molecule has 0 spiro atoms. The Hall–Kier alpha value is -2.91. The van der Waals surface area contributed by atoms with Crippen LogP contribution >= 0.6 is 0 Å². The molecule has 3 aromatic rings. The van der Waals surface area contributed by atoms with Crippen molar-refractivity contribution in [2.24, 2.45) is 5.92 Å². The van der Waals surface area contributed by atoms with E-state index < -0.39 is 16.1 Å². The smallest absolute Gasteiger partial charge is 0.247 e. The quantitative estimate of drug-likeness (QED) is 0.475. The number of para-hydroxylation sites is 2. The van der Waals surface area contributed by atoms with E-state index in [1.54, 1.807) is 26.2 Å². The third kappa shape index (κ3) is 5.04. The molecule has 1 atom stereocenters. The van der Waals surface area contributed by atoms with Crippen LogP contribution in [0, 0.1) is 5.92 Å². The molecule has 33 heavy (non-hydrogen) atoms. The molecule has 0 unspecified atom stereocenters. The van der Waals surface area contributed by atoms with Crippen LogP contribution in [0.3, 0.4) is 0 Å². The fourth-order valence-corrected chi connectivity index (χ4v) is 5.40. The van der Waals surface area contributed by atoms with Crippen molar-refractivity contribution in [2.45, 2.75) is 45.6 Å². The van der Waals surface area contributed by atoms with Gasteiger partial charge in [-0.1, -0.05) is 39.8 Å². The van der Waals surface area contributed by atoms with Crippen molar-refractivity contribution >= 4 is 32.7 Å². The van der Waals surface area contributed by atoms with Gasteiger partial charge in [-0.3, -0.25) is 4.79 Å². The molecule has 8 nitrogen and oxygen atoms in total. The van der Waals surface area contributed by atoms with Crippen LogP contribution in [0.4, 0.5) is 5.69 Å². The highest BCUT2D eigenvalue weighted by Crippen LogP contribution is 2.32. The van der Waals surface area contributed by atoms with Crippen LogP contribution in [0.2, 0.25) is 0 Å². The molecule has 0 fully saturated rings. The normalized spacial score (nSPS) is 12.9. The third-order valence-corrected chi connectivity index (χ3v) is 7.58. The molecule has 1 amide bonds. The van der Waals surface area contributed by atoms with Crippen molar-refractivity contribution in [1.29, 1.82) is 0 Å². The van der Waals surface area contributed by atoms with Crippen LogP contribution in [-0.4, -0.2) is 47.9 Å². The van der Waals surface area contributed by atoms with Gasteiger partial charge in [0.05, 0.1) is 34.6 Å². The Labute approximate surface area is 195 Å². The number of hydrogen-bond acceptors (Lipinski definition) is 5. The number of amides is 1. The number of aromatic nitrogens is 2. The second-order valence-corrected chi connectivity index (χ2v) is 9.94. The minimum Gasteiger partial charge on any atom is -0.492 e. The largest absolute Gasteiger partial charge is 0.492 e. The first-order chi connectivity index (χ1) is 15.7. The molecule has 0 saturated carbocycles. The summed E-state index contributed by atoms with van der Waals surface area (Å²) in [5.41, 5.74) is 1.98. The third-order valence-electron chi connectivity index (χ3n) is 5.53. The van der Waals surface area contributed by atoms with E-state index in [-0.39, 0.29) is 16.7 Å². The van der Waals surface area contributed by atoms with Gasteiger partial charge in [0.25, 0.3) is 0 Å². The molecular weight excluding hydrogens is 440 g/mol. The molecule has 1 N–H and O–H groups in total. The summed E-state index contributed by atoms with van der Waals surface area (Å²) in [5, 5.41) is 2.92. The topological polar surface area (TPSA) is 93.5 Å². The second kappa shape index (κ2) is 10.4. The number of nitrogens with zero attached hydrogens (tertiary/aromatic N) is 3. The van der Waals surface area contributed by atoms with Crippen LogP contribution in [0.5, 0.6) is 5.75 Å². The summed E-state index contributed by atoms with van der Waals surface area (Å²) >= 11 is 0. The number of carbonyl (C=O) groups excluding carboxylic acids is 1. The number of benzene rings is 2. The maximum Gasteiger partial charge on any atom is 0.247 e. The maximum atomic E-state index is 13.5. The zero-order chi connectivity index (χ0) is 24.2. The Morgan fingerprint density at radius 2 is 1.82 bits per heavy atom. The lowest BCUT2D eigenvalue weighted by Gasteiger charge is -2.24. The van der Waals surface area contributed by atoms with E-state index in [1.165, 1.54) is 16.4 Å². The number of fused-ring (bicyclic) bond motifs is 1. The van der Waals surface area contributed by atoms with Gasteiger partial charge in [0, 0.05) is 13.1 Å². The minimum absolute atomic E-state index is 0.0410. The first-order valence-corrected chi connectivity index (χ1v) is 12.7. The molecule has 2 aromatic carbocycles. The predicted molar refractivity (Wildman–Crippen MR) is 130 cm³/mol. The Morgan fingerprint density at radius 3 is 2.45 bits per heavy atom. The zero-order valence-electron chi connectivity index (χ0n) is 19.8. The molecule has 9 heteroatoms. The summed E-state index contributed by atoms with van der Waals surface area (Å²) in [6.07, 6.45) is 1.67. The van der Waals surface area contributed by atoms with Crippen molar-refractivity contribution in [3.8, 4) is 5.75 Å². The van der Waals surface area contributed by atoms with Crippen molar-refractivity contribution in [2.75, 3.05) is 25.0 Å². The van der Waals surface area contributed by atoms with Gasteiger partial charge in [-0.2, -0.15) is 4.31 Å². The van der Waals surface area contributed by atoms with Crippen LogP contribution in [0.25, 0.3) is 11.0 Å². The van der Waals surface area contributed by atoms with Gasteiger partial charge in [0.2, 0.25) is 15.9 Å². The number of imidazole rings is 1. The van der Waals surface area contributed by atoms with E-state index in [4.69, 9.17) is 4.74 Å². The molecule has 1 heterocycles. The molecule has 0 aliphatic carbocycles. The second-order valence-electron chi connectivity index (χ2n) is 8.00. The predicted octanol–water partition coefficient (Wildman–Crippen LogP) is 4.30. The van der Waals surface area contributed by atoms with E-state index in [9.17, 15) is 13.2 Å². The SMILES string of the molecule is CCOc1ccc(S(=O)(=O)N(CC)CC)cc1NC(=O)[C@H](C(C)C)n1cnc2ccccc21. The Morgan fingerprint density at radius 1 is 1.12 bits per heavy atom. The number of anilines is 1. The highest BCUT2D eigenvalue weighted by molar-refractivity contribution is 7.89. The van der Waals surface area contributed by atoms with Crippen molar-refractivity contribution < 1.29 is 17.9 Å². The van der Waals surface area contributed by atoms with E-state index in [0.717, 1.165) is 11.0 Å². The van der Waals surface area contributed by atoms with Crippen molar-refractivity contribution in [3.63, 3.8) is 0 Å². The highest BCUT2D eigenvalue weighted by atomic mass is 32.2. The standard InChI is InChI=1S/C24H32N4O4S/c1-6-27(7-2)33(30,31)18-13-14-22(32-8-3)20(15-18)26-24(29)23(17(4)5)28-16-25-19-11-9-10-12-21(19)28/h9-17,23H,6-8H2,1-5H3,(H,26,29)/t23-/m0/s1. The van der Waals surface area contributed by atoms with Crippen LogP contribution in [0.15, 0.2) is 53.7 Å². The highest BCUT2D eigenvalue weighted by Gasteiger charge is 2.28. The van der Waals surface area contributed by atoms with Gasteiger partial charge < -0.3 is 14.6 Å². The molecule has 0 radical (unpaired) electrons. The first-order valence-electron chi connectivity index (χ1n) is 11.2. The maximum absolute atomic E-state index is 13.5. The molecule has 178 valence electrons. The Bertz CT molecular complexity index is 1220. The molecule has 3 rings (SSSR count). The summed E-state index contributed by atoms with van der Waals surface area (Å²) in [6.45, 7) is 10.4. The fourth-order valence-electron chi connectivity index (χ4n) is 3.92. The van der Waals surface area contributed by atoms with Crippen LogP contribution < -0.4 is 10.1 Å². The number of nitrogens with one attached hydrogen (secondary N) is 1. The number of carbonyl (C=O) groups is 1. The lowest BCUT2D eigenvalue weighted by atomic mass is 10.0. The Balaban J connectivity index is 2.01. The van der Waals surface area contributed by atoms with Gasteiger partial charge in [0.15, 0.2) is 0 Å². The van der Waals surface area contributed by atoms with Gasteiger partial charge in [-0.05, 0) is 43.2 Å². The molecule has 0 aliphatic rings. The summed E-state index contributed by atoms with van der Waals surface area (Å²) in [7, 11) is -3.69. The summed E-state index contributed by atoms with van der Waals surface area (Å²) < 4.78 is 35.0. The molecule has 1 aromatic heterocycles. The van der Waals surface area contributed by atoms with Gasteiger partial charge in [0.1, 0.15) is 11.8 Å². The number of rotatable bonds is 10. The zero-order valence-corrected chi connectivity index (χ0v) is 20.6. The van der Waals surface area contributed by atoms with E-state index >= 15 is 0 Å². The number of ether oxygens (including phenoxy) is 1. The summed E-state index contributed by atoms with van der Waals surface area (Å²) in [5.74, 6) is 0.106. The van der Waals surface area contributed by atoms with Crippen LogP contribution in [-0.2, 0) is 14.8 Å². The molecule has 0 bridgehead atoms. The Kier molecular flexibility index (Phi) is 7.76. The van der Waals surface area contributed by atoms with Crippen molar-refractivity contribution in [3.05, 3.63) is 48.8 Å². The summed E-state index contributed by atoms with van der Waals surface area (Å²) in [4.78, 5) is 18.0. The fraction of sp³-hybridized carbons (Fsp3) is 0.417. The van der Waals surface area contributed by atoms with E-state index in [1.807, 2.05) is 49.6 Å². The van der Waals surface area contributed by atoms with Crippen molar-refractivity contribution in [1.82, 2.24) is 13.9 Å². The lowest BCUT2D eigenvalue weighted by Crippen LogP contribution is -2.31. The lowest BCUT2D eigenvalue weighted by molar-refractivity contribution is -0.120. The number of sulfonamides is 1. The number of hydrogen-bond donors (Lipinski definition) is 1. The van der Waals surface area contributed by atoms with E-state index in [2.05, 4.69) is 10.3 Å². The average Bonchev–Trinajstić information content (AvgIpc) is 3.19. The molecule has 0 aliphatic heterocycles. The summed E-state index contributed by atoms with van der Waals surface area (Å²) in [6, 6.07) is 11.7. The van der Waals surface area contributed by atoms with Crippen LogP contribution in [0.1, 0.15) is 40.7 Å². The minimum atomic E-state index is -3.69. The molecule has 0 saturated heterocycles. The average molecular weight is 473 g/mol. The van der Waals surface area contributed by atoms with Gasteiger partial charge in [-0.25, -0.2) is 13.4 Å².